The van der Waals surface area contributed by atoms with Gasteiger partial charge in [0.25, 0.3) is 0 Å². The first-order valence-electron chi connectivity index (χ1n) is 4.97. The van der Waals surface area contributed by atoms with Gasteiger partial charge in [-0.15, -0.1) is 0 Å². The molecule has 14 heavy (non-hydrogen) atoms. The van der Waals surface area contributed by atoms with Crippen LogP contribution in [0.2, 0.25) is 0 Å². The standard InChI is InChI=1S/C10H20N2O2/c1-10(2,3)12-5-8(7-14-4)11-9(13)6-12/h8H,5-7H2,1-4H3,(H,11,13). The minimum absolute atomic E-state index is 0.0454. The zero-order valence-electron chi connectivity index (χ0n) is 9.46. The Hall–Kier alpha value is -0.610. The molecule has 0 aromatic carbocycles. The molecule has 1 unspecified atom stereocenters. The number of carbonyl (C=O) groups is 1. The first-order valence-corrected chi connectivity index (χ1v) is 4.97. The molecular weight excluding hydrogens is 180 g/mol. The van der Waals surface area contributed by atoms with Crippen molar-refractivity contribution in [2.45, 2.75) is 32.4 Å². The number of ether oxygens (including phenoxy) is 1. The summed E-state index contributed by atoms with van der Waals surface area (Å²) in [7, 11) is 1.65. The predicted molar refractivity (Wildman–Crippen MR) is 55.1 cm³/mol. The largest absolute Gasteiger partial charge is 0.383 e. The van der Waals surface area contributed by atoms with Crippen LogP contribution in [-0.4, -0.2) is 49.2 Å². The van der Waals surface area contributed by atoms with Crippen LogP contribution in [0, 0.1) is 0 Å². The molecule has 1 fully saturated rings. The number of nitrogens with one attached hydrogen (secondary N) is 1. The number of rotatable bonds is 2. The Bertz CT molecular complexity index is 211. The van der Waals surface area contributed by atoms with Crippen molar-refractivity contribution in [1.29, 1.82) is 0 Å². The second-order valence-corrected chi connectivity index (χ2v) is 4.77. The van der Waals surface area contributed by atoms with Crippen molar-refractivity contribution in [3.63, 3.8) is 0 Å². The number of carbonyl (C=O) groups excluding carboxylic acids is 1. The molecule has 0 spiro atoms. The van der Waals surface area contributed by atoms with Crippen molar-refractivity contribution in [2.75, 3.05) is 26.8 Å². The highest BCUT2D eigenvalue weighted by molar-refractivity contribution is 5.79. The Morgan fingerprint density at radius 3 is 2.71 bits per heavy atom. The van der Waals surface area contributed by atoms with Gasteiger partial charge in [-0.3, -0.25) is 9.69 Å². The maximum absolute atomic E-state index is 11.4. The number of methoxy groups -OCH3 is 1. The van der Waals surface area contributed by atoms with E-state index in [4.69, 9.17) is 4.74 Å². The van der Waals surface area contributed by atoms with Gasteiger partial charge in [-0.1, -0.05) is 0 Å². The summed E-state index contributed by atoms with van der Waals surface area (Å²) in [6.07, 6.45) is 0. The lowest BCUT2D eigenvalue weighted by Gasteiger charge is -2.41. The molecule has 0 radical (unpaired) electrons. The van der Waals surface area contributed by atoms with Crippen molar-refractivity contribution in [3.05, 3.63) is 0 Å². The number of nitrogens with zero attached hydrogens (tertiary/aromatic N) is 1. The van der Waals surface area contributed by atoms with E-state index in [2.05, 4.69) is 31.0 Å². The number of amides is 1. The minimum Gasteiger partial charge on any atom is -0.383 e. The van der Waals surface area contributed by atoms with Crippen LogP contribution in [0.4, 0.5) is 0 Å². The lowest BCUT2D eigenvalue weighted by atomic mass is 10.0. The van der Waals surface area contributed by atoms with Gasteiger partial charge in [-0.25, -0.2) is 0 Å². The maximum atomic E-state index is 11.4. The fourth-order valence-electron chi connectivity index (χ4n) is 1.63. The van der Waals surface area contributed by atoms with E-state index in [0.29, 0.717) is 13.2 Å². The van der Waals surface area contributed by atoms with E-state index in [0.717, 1.165) is 6.54 Å². The molecule has 0 aromatic heterocycles. The third-order valence-corrected chi connectivity index (χ3v) is 2.46. The number of hydrogen-bond acceptors (Lipinski definition) is 3. The van der Waals surface area contributed by atoms with Gasteiger partial charge in [0.15, 0.2) is 0 Å². The normalized spacial score (nSPS) is 24.9. The molecule has 4 heteroatoms. The molecule has 0 aromatic rings. The van der Waals surface area contributed by atoms with E-state index < -0.39 is 0 Å². The van der Waals surface area contributed by atoms with Gasteiger partial charge in [0.1, 0.15) is 0 Å². The quantitative estimate of drug-likeness (QED) is 0.694. The molecule has 1 saturated heterocycles. The van der Waals surface area contributed by atoms with Crippen molar-refractivity contribution in [3.8, 4) is 0 Å². The average Bonchev–Trinajstić information content (AvgIpc) is 2.02. The molecule has 0 bridgehead atoms. The molecule has 4 nitrogen and oxygen atoms in total. The van der Waals surface area contributed by atoms with Crippen LogP contribution in [0.5, 0.6) is 0 Å². The van der Waals surface area contributed by atoms with Gasteiger partial charge in [0.05, 0.1) is 19.2 Å². The van der Waals surface area contributed by atoms with Gasteiger partial charge in [-0.05, 0) is 20.8 Å². The highest BCUT2D eigenvalue weighted by Crippen LogP contribution is 2.15. The van der Waals surface area contributed by atoms with E-state index >= 15 is 0 Å². The zero-order valence-corrected chi connectivity index (χ0v) is 9.46. The van der Waals surface area contributed by atoms with Crippen LogP contribution in [0.1, 0.15) is 20.8 Å². The first kappa shape index (κ1) is 11.5. The Morgan fingerprint density at radius 2 is 2.21 bits per heavy atom. The summed E-state index contributed by atoms with van der Waals surface area (Å²) in [5.74, 6) is 0.0909. The van der Waals surface area contributed by atoms with E-state index in [9.17, 15) is 4.79 Å². The lowest BCUT2D eigenvalue weighted by molar-refractivity contribution is -0.128. The van der Waals surface area contributed by atoms with E-state index in [-0.39, 0.29) is 17.5 Å². The first-order chi connectivity index (χ1) is 6.43. The van der Waals surface area contributed by atoms with Crippen molar-refractivity contribution < 1.29 is 9.53 Å². The summed E-state index contributed by atoms with van der Waals surface area (Å²) in [6.45, 7) is 8.30. The van der Waals surface area contributed by atoms with Gasteiger partial charge >= 0.3 is 0 Å². The van der Waals surface area contributed by atoms with Crippen molar-refractivity contribution in [1.82, 2.24) is 10.2 Å². The molecule has 0 aliphatic carbocycles. The molecule has 82 valence electrons. The Morgan fingerprint density at radius 1 is 1.57 bits per heavy atom. The number of piperazine rings is 1. The molecule has 1 aliphatic rings. The smallest absolute Gasteiger partial charge is 0.234 e. The monoisotopic (exact) mass is 200 g/mol. The SMILES string of the molecule is COCC1CN(C(C)(C)C)CC(=O)N1. The third-order valence-electron chi connectivity index (χ3n) is 2.46. The Labute approximate surface area is 85.6 Å². The van der Waals surface area contributed by atoms with Crippen LogP contribution in [-0.2, 0) is 9.53 Å². The topological polar surface area (TPSA) is 41.6 Å². The molecule has 0 saturated carbocycles. The minimum atomic E-state index is 0.0454. The van der Waals surface area contributed by atoms with Crippen molar-refractivity contribution >= 4 is 5.91 Å². The molecule has 1 heterocycles. The second kappa shape index (κ2) is 4.28. The summed E-state index contributed by atoms with van der Waals surface area (Å²) < 4.78 is 5.05. The fourth-order valence-corrected chi connectivity index (χ4v) is 1.63. The molecule has 1 amide bonds. The molecule has 1 rings (SSSR count). The summed E-state index contributed by atoms with van der Waals surface area (Å²) in [5.41, 5.74) is 0.0454. The van der Waals surface area contributed by atoms with E-state index in [1.165, 1.54) is 0 Å². The third kappa shape index (κ3) is 2.96. The highest BCUT2D eigenvalue weighted by Gasteiger charge is 2.31. The molecule has 1 atom stereocenters. The van der Waals surface area contributed by atoms with Crippen LogP contribution >= 0.6 is 0 Å². The van der Waals surface area contributed by atoms with Crippen molar-refractivity contribution in [2.24, 2.45) is 0 Å². The van der Waals surface area contributed by atoms with E-state index in [1.807, 2.05) is 0 Å². The predicted octanol–water partition coefficient (Wildman–Crippen LogP) is 0.232. The Balaban J connectivity index is 2.58. The van der Waals surface area contributed by atoms with Crippen LogP contribution in [0.3, 0.4) is 0 Å². The van der Waals surface area contributed by atoms with Gasteiger partial charge in [-0.2, -0.15) is 0 Å². The van der Waals surface area contributed by atoms with E-state index in [1.54, 1.807) is 7.11 Å². The summed E-state index contributed by atoms with van der Waals surface area (Å²) in [5, 5.41) is 2.91. The fraction of sp³-hybridized carbons (Fsp3) is 0.900. The molecule has 1 N–H and O–H groups in total. The summed E-state index contributed by atoms with van der Waals surface area (Å²) in [6, 6.07) is 0.125. The van der Waals surface area contributed by atoms with Crippen LogP contribution in [0.15, 0.2) is 0 Å². The van der Waals surface area contributed by atoms with Crippen LogP contribution in [0.25, 0.3) is 0 Å². The lowest BCUT2D eigenvalue weighted by Crippen LogP contribution is -2.60. The number of hydrogen-bond donors (Lipinski definition) is 1. The summed E-state index contributed by atoms with van der Waals surface area (Å²) >= 11 is 0. The van der Waals surface area contributed by atoms with Gasteiger partial charge in [0.2, 0.25) is 5.91 Å². The van der Waals surface area contributed by atoms with Gasteiger partial charge in [0, 0.05) is 19.2 Å². The van der Waals surface area contributed by atoms with Crippen LogP contribution < -0.4 is 5.32 Å². The second-order valence-electron chi connectivity index (χ2n) is 4.77. The molecule has 1 aliphatic heterocycles. The van der Waals surface area contributed by atoms with Gasteiger partial charge < -0.3 is 10.1 Å². The zero-order chi connectivity index (χ0) is 10.8. The average molecular weight is 200 g/mol. The summed E-state index contributed by atoms with van der Waals surface area (Å²) in [4.78, 5) is 13.6. The highest BCUT2D eigenvalue weighted by atomic mass is 16.5. The maximum Gasteiger partial charge on any atom is 0.234 e. The molecular formula is C10H20N2O2. The Kier molecular flexibility index (Phi) is 3.50.